The van der Waals surface area contributed by atoms with E-state index < -0.39 is 9.84 Å². The van der Waals surface area contributed by atoms with Crippen LogP contribution in [0, 0.1) is 6.92 Å². The number of piperazine rings is 1. The summed E-state index contributed by atoms with van der Waals surface area (Å²) in [6, 6.07) is 7.89. The zero-order valence-electron chi connectivity index (χ0n) is 16.3. The van der Waals surface area contributed by atoms with Crippen LogP contribution in [0.15, 0.2) is 33.9 Å². The number of aryl methyl sites for hydroxylation is 1. The number of aromatic nitrogens is 2. The van der Waals surface area contributed by atoms with Gasteiger partial charge in [-0.2, -0.15) is 0 Å². The lowest BCUT2D eigenvalue weighted by molar-refractivity contribution is -0.130. The molecule has 0 aliphatic carbocycles. The predicted molar refractivity (Wildman–Crippen MR) is 110 cm³/mol. The van der Waals surface area contributed by atoms with Crippen molar-refractivity contribution in [1.29, 1.82) is 0 Å². The van der Waals surface area contributed by atoms with E-state index in [2.05, 4.69) is 15.1 Å². The lowest BCUT2D eigenvalue weighted by Crippen LogP contribution is -2.52. The Labute approximate surface area is 174 Å². The van der Waals surface area contributed by atoms with Gasteiger partial charge in [0, 0.05) is 37.8 Å². The standard InChI is InChI=1S/C19H24N4O4S2/c1-14-4-2-3-5-16(14)18-20-21-19(27-18)28-12-17(24)23-9-7-22(8-10-23)15-6-11-29(25,26)13-15/h2-5,15H,6-13H2,1H3. The summed E-state index contributed by atoms with van der Waals surface area (Å²) >= 11 is 1.24. The van der Waals surface area contributed by atoms with Gasteiger partial charge in [0.05, 0.1) is 17.3 Å². The molecule has 1 amide bonds. The number of carbonyl (C=O) groups is 1. The van der Waals surface area contributed by atoms with E-state index in [0.29, 0.717) is 43.7 Å². The van der Waals surface area contributed by atoms with E-state index in [1.807, 2.05) is 36.1 Å². The molecule has 8 nitrogen and oxygen atoms in total. The maximum atomic E-state index is 12.5. The van der Waals surface area contributed by atoms with Gasteiger partial charge < -0.3 is 9.32 Å². The van der Waals surface area contributed by atoms with Gasteiger partial charge in [0.1, 0.15) is 0 Å². The van der Waals surface area contributed by atoms with Crippen LogP contribution >= 0.6 is 11.8 Å². The molecule has 2 fully saturated rings. The van der Waals surface area contributed by atoms with Crippen molar-refractivity contribution in [3.63, 3.8) is 0 Å². The Hall–Kier alpha value is -1.91. The fourth-order valence-electron chi connectivity index (χ4n) is 3.80. The minimum Gasteiger partial charge on any atom is -0.411 e. The van der Waals surface area contributed by atoms with Crippen LogP contribution in [0.2, 0.25) is 0 Å². The highest BCUT2D eigenvalue weighted by Gasteiger charge is 2.34. The molecule has 0 N–H and O–H groups in total. The summed E-state index contributed by atoms with van der Waals surface area (Å²) in [5.74, 6) is 1.26. The first kappa shape index (κ1) is 20.4. The third-order valence-electron chi connectivity index (χ3n) is 5.49. The molecule has 0 bridgehead atoms. The fraction of sp³-hybridized carbons (Fsp3) is 0.526. The van der Waals surface area contributed by atoms with E-state index in [4.69, 9.17) is 4.42 Å². The number of hydrogen-bond donors (Lipinski definition) is 0. The van der Waals surface area contributed by atoms with Gasteiger partial charge in [-0.15, -0.1) is 10.2 Å². The highest BCUT2D eigenvalue weighted by Crippen LogP contribution is 2.26. The molecule has 4 rings (SSSR count). The number of thioether (sulfide) groups is 1. The molecule has 0 saturated carbocycles. The molecule has 10 heteroatoms. The molecule has 1 atom stereocenters. The third kappa shape index (κ3) is 4.81. The van der Waals surface area contributed by atoms with Crippen LogP contribution < -0.4 is 0 Å². The highest BCUT2D eigenvalue weighted by molar-refractivity contribution is 7.99. The van der Waals surface area contributed by atoms with Gasteiger partial charge in [0.15, 0.2) is 9.84 Å². The molecular formula is C19H24N4O4S2. The van der Waals surface area contributed by atoms with Gasteiger partial charge in [0.2, 0.25) is 11.8 Å². The molecule has 156 valence electrons. The number of sulfone groups is 1. The predicted octanol–water partition coefficient (Wildman–Crippen LogP) is 1.47. The van der Waals surface area contributed by atoms with Crippen LogP contribution in [0.4, 0.5) is 0 Å². The second kappa shape index (κ2) is 8.45. The molecule has 29 heavy (non-hydrogen) atoms. The summed E-state index contributed by atoms with van der Waals surface area (Å²) in [5, 5.41) is 8.51. The molecule has 0 radical (unpaired) electrons. The number of hydrogen-bond acceptors (Lipinski definition) is 8. The average molecular weight is 437 g/mol. The van der Waals surface area contributed by atoms with Gasteiger partial charge in [-0.25, -0.2) is 8.42 Å². The molecule has 3 heterocycles. The number of nitrogens with zero attached hydrogens (tertiary/aromatic N) is 4. The Morgan fingerprint density at radius 2 is 1.97 bits per heavy atom. The molecule has 0 spiro atoms. The summed E-state index contributed by atoms with van der Waals surface area (Å²) in [6.07, 6.45) is 0.701. The van der Waals surface area contributed by atoms with Gasteiger partial charge in [0.25, 0.3) is 5.22 Å². The van der Waals surface area contributed by atoms with Crippen LogP contribution in [0.5, 0.6) is 0 Å². The Morgan fingerprint density at radius 1 is 1.21 bits per heavy atom. The first-order valence-corrected chi connectivity index (χ1v) is 12.5. The van der Waals surface area contributed by atoms with Crippen molar-refractivity contribution in [1.82, 2.24) is 20.0 Å². The molecular weight excluding hydrogens is 412 g/mol. The largest absolute Gasteiger partial charge is 0.411 e. The highest BCUT2D eigenvalue weighted by atomic mass is 32.2. The van der Waals surface area contributed by atoms with E-state index in [9.17, 15) is 13.2 Å². The first-order valence-electron chi connectivity index (χ1n) is 9.66. The average Bonchev–Trinajstić information content (AvgIpc) is 3.33. The lowest BCUT2D eigenvalue weighted by atomic mass is 10.1. The van der Waals surface area contributed by atoms with Gasteiger partial charge in [-0.1, -0.05) is 30.0 Å². The monoisotopic (exact) mass is 436 g/mol. The van der Waals surface area contributed by atoms with Crippen molar-refractivity contribution in [2.24, 2.45) is 0 Å². The lowest BCUT2D eigenvalue weighted by Gasteiger charge is -2.37. The molecule has 2 aromatic rings. The van der Waals surface area contributed by atoms with Gasteiger partial charge >= 0.3 is 0 Å². The second-order valence-electron chi connectivity index (χ2n) is 7.45. The second-order valence-corrected chi connectivity index (χ2v) is 10.6. The van der Waals surface area contributed by atoms with Crippen LogP contribution in [0.25, 0.3) is 11.5 Å². The van der Waals surface area contributed by atoms with Crippen LogP contribution in [-0.4, -0.2) is 83.8 Å². The van der Waals surface area contributed by atoms with E-state index in [-0.39, 0.29) is 29.2 Å². The quantitative estimate of drug-likeness (QED) is 0.650. The molecule has 2 saturated heterocycles. The Morgan fingerprint density at radius 3 is 2.66 bits per heavy atom. The van der Waals surface area contributed by atoms with Crippen molar-refractivity contribution in [3.8, 4) is 11.5 Å². The van der Waals surface area contributed by atoms with E-state index in [1.165, 1.54) is 11.8 Å². The van der Waals surface area contributed by atoms with Crippen molar-refractivity contribution in [3.05, 3.63) is 29.8 Å². The summed E-state index contributed by atoms with van der Waals surface area (Å²) in [6.45, 7) is 4.65. The summed E-state index contributed by atoms with van der Waals surface area (Å²) in [7, 11) is -2.88. The molecule has 2 aliphatic heterocycles. The first-order chi connectivity index (χ1) is 13.9. The minimum atomic E-state index is -2.88. The van der Waals surface area contributed by atoms with E-state index in [1.54, 1.807) is 0 Å². The zero-order chi connectivity index (χ0) is 20.4. The third-order valence-corrected chi connectivity index (χ3v) is 8.05. The van der Waals surface area contributed by atoms with Crippen molar-refractivity contribution in [2.75, 3.05) is 43.4 Å². The van der Waals surface area contributed by atoms with Crippen LogP contribution in [0.3, 0.4) is 0 Å². The number of amides is 1. The molecule has 1 unspecified atom stereocenters. The fourth-order valence-corrected chi connectivity index (χ4v) is 6.23. The van der Waals surface area contributed by atoms with Crippen molar-refractivity contribution in [2.45, 2.75) is 24.6 Å². The molecule has 1 aromatic heterocycles. The number of rotatable bonds is 5. The van der Waals surface area contributed by atoms with Crippen molar-refractivity contribution < 1.29 is 17.6 Å². The minimum absolute atomic E-state index is 0.0318. The molecule has 2 aliphatic rings. The smallest absolute Gasteiger partial charge is 0.277 e. The summed E-state index contributed by atoms with van der Waals surface area (Å²) < 4.78 is 29.0. The molecule has 1 aromatic carbocycles. The number of carbonyl (C=O) groups excluding carboxylic acids is 1. The Kier molecular flexibility index (Phi) is 5.93. The zero-order valence-corrected chi connectivity index (χ0v) is 17.9. The topological polar surface area (TPSA) is 96.6 Å². The summed E-state index contributed by atoms with van der Waals surface area (Å²) in [5.41, 5.74) is 1.94. The normalized spacial score (nSPS) is 22.1. The van der Waals surface area contributed by atoms with Crippen LogP contribution in [0.1, 0.15) is 12.0 Å². The van der Waals surface area contributed by atoms with E-state index in [0.717, 1.165) is 11.1 Å². The maximum absolute atomic E-state index is 12.5. The Bertz CT molecular complexity index is 984. The van der Waals surface area contributed by atoms with Crippen LogP contribution in [-0.2, 0) is 14.6 Å². The number of benzene rings is 1. The maximum Gasteiger partial charge on any atom is 0.277 e. The summed E-state index contributed by atoms with van der Waals surface area (Å²) in [4.78, 5) is 16.6. The van der Waals surface area contributed by atoms with Crippen molar-refractivity contribution >= 4 is 27.5 Å². The SMILES string of the molecule is Cc1ccccc1-c1nnc(SCC(=O)N2CCN(C3CCS(=O)(=O)C3)CC2)o1. The Balaban J connectivity index is 1.26. The van der Waals surface area contributed by atoms with E-state index >= 15 is 0 Å². The van der Waals surface area contributed by atoms with Gasteiger partial charge in [-0.3, -0.25) is 9.69 Å². The van der Waals surface area contributed by atoms with Gasteiger partial charge in [-0.05, 0) is 25.0 Å².